The molecule has 0 aliphatic heterocycles. The first-order valence-corrected chi connectivity index (χ1v) is 11.3. The van der Waals surface area contributed by atoms with E-state index in [-0.39, 0.29) is 16.4 Å². The Balaban J connectivity index is 1.82. The van der Waals surface area contributed by atoms with E-state index in [4.69, 9.17) is 11.6 Å². The summed E-state index contributed by atoms with van der Waals surface area (Å²) in [4.78, 5) is 32.9. The summed E-state index contributed by atoms with van der Waals surface area (Å²) < 4.78 is 86.2. The highest BCUT2D eigenvalue weighted by Gasteiger charge is 2.40. The lowest BCUT2D eigenvalue weighted by atomic mass is 10.2. The first-order valence-electron chi connectivity index (χ1n) is 11.0. The van der Waals surface area contributed by atoms with Crippen LogP contribution in [0, 0.1) is 0 Å². The fraction of sp³-hybridized carbons (Fsp3) is 0.273. The molecule has 40 heavy (non-hydrogen) atoms. The maximum atomic E-state index is 13.6. The number of hydrogen-bond donors (Lipinski definition) is 1. The van der Waals surface area contributed by atoms with Crippen molar-refractivity contribution < 1.29 is 41.0 Å². The first kappa shape index (κ1) is 28.8. The molecule has 18 heteroatoms. The lowest BCUT2D eigenvalue weighted by molar-refractivity contribution is -0.207. The van der Waals surface area contributed by atoms with Crippen LogP contribution in [0.2, 0.25) is 5.02 Å². The molecule has 0 unspecified atom stereocenters. The molecule has 0 fully saturated rings. The minimum atomic E-state index is -5.06. The van der Waals surface area contributed by atoms with E-state index in [0.29, 0.717) is 20.0 Å². The molecule has 1 N–H and O–H groups in total. The predicted octanol–water partition coefficient (Wildman–Crippen LogP) is 3.12. The smallest absolute Gasteiger partial charge is 0.420 e. The van der Waals surface area contributed by atoms with Crippen molar-refractivity contribution in [3.05, 3.63) is 75.3 Å². The molecule has 212 valence electrons. The quantitative estimate of drug-likeness (QED) is 0.256. The van der Waals surface area contributed by atoms with Crippen LogP contribution < -0.4 is 5.69 Å². The second-order valence-corrected chi connectivity index (χ2v) is 8.50. The number of methoxy groups -OCH3 is 1. The minimum Gasteiger partial charge on any atom is -0.463 e. The van der Waals surface area contributed by atoms with Crippen LogP contribution in [-0.4, -0.2) is 64.6 Å². The van der Waals surface area contributed by atoms with Crippen LogP contribution in [0.15, 0.2) is 47.4 Å². The van der Waals surface area contributed by atoms with E-state index in [9.17, 15) is 41.0 Å². The number of nitrogens with zero attached hydrogens (tertiary/aromatic N) is 7. The zero-order valence-corrected chi connectivity index (χ0v) is 20.7. The number of ether oxygens (including phenoxy) is 1. The largest absolute Gasteiger partial charge is 0.463 e. The molecule has 4 aromatic rings. The van der Waals surface area contributed by atoms with Crippen LogP contribution in [0.3, 0.4) is 0 Å². The van der Waals surface area contributed by atoms with Gasteiger partial charge in [-0.05, 0) is 36.4 Å². The highest BCUT2D eigenvalue weighted by molar-refractivity contribution is 6.30. The number of pyridine rings is 1. The summed E-state index contributed by atoms with van der Waals surface area (Å²) in [5, 5.41) is 17.8. The van der Waals surface area contributed by atoms with Crippen molar-refractivity contribution >= 4 is 17.6 Å². The fourth-order valence-corrected chi connectivity index (χ4v) is 3.64. The lowest BCUT2D eigenvalue weighted by Gasteiger charge is -2.15. The third-order valence-electron chi connectivity index (χ3n) is 5.36. The highest BCUT2D eigenvalue weighted by atomic mass is 35.5. The van der Waals surface area contributed by atoms with Crippen LogP contribution in [0.1, 0.15) is 22.0 Å². The summed E-state index contributed by atoms with van der Waals surface area (Å²) in [6.45, 7) is -1.92. The standard InChI is InChI=1S/C22H16ClF6N7O4/c1-40-19(38)18-31-15(32-36(18)17-13(21(24,25)26)3-2-8-30-17)10-35-20(39)34(9-14(37)22(27,28)29)16(33-35)11-4-6-12(23)7-5-11/h2-8,14,37H,9-10H2,1H3/t14-/m1/s1. The second-order valence-electron chi connectivity index (χ2n) is 8.07. The monoisotopic (exact) mass is 591 g/mol. The molecule has 0 aliphatic carbocycles. The zero-order chi connectivity index (χ0) is 29.4. The molecule has 11 nitrogen and oxygen atoms in total. The van der Waals surface area contributed by atoms with E-state index in [0.717, 1.165) is 19.4 Å². The van der Waals surface area contributed by atoms with E-state index in [1.165, 1.54) is 24.3 Å². The van der Waals surface area contributed by atoms with E-state index in [1.807, 2.05) is 0 Å². The number of carbonyl (C=O) groups is 1. The number of hydrogen-bond acceptors (Lipinski definition) is 8. The Morgan fingerprint density at radius 3 is 2.38 bits per heavy atom. The average molecular weight is 592 g/mol. The highest BCUT2D eigenvalue weighted by Crippen LogP contribution is 2.33. The molecule has 0 spiro atoms. The Morgan fingerprint density at radius 2 is 1.77 bits per heavy atom. The maximum absolute atomic E-state index is 13.6. The number of benzene rings is 1. The molecular weight excluding hydrogens is 576 g/mol. The normalized spacial score (nSPS) is 12.9. The van der Waals surface area contributed by atoms with Crippen LogP contribution >= 0.6 is 11.6 Å². The van der Waals surface area contributed by atoms with Gasteiger partial charge in [0, 0.05) is 16.8 Å². The van der Waals surface area contributed by atoms with E-state index in [2.05, 4.69) is 24.9 Å². The first-order chi connectivity index (χ1) is 18.7. The van der Waals surface area contributed by atoms with Crippen molar-refractivity contribution in [1.82, 2.24) is 34.1 Å². The summed E-state index contributed by atoms with van der Waals surface area (Å²) >= 11 is 5.86. The van der Waals surface area contributed by atoms with E-state index in [1.54, 1.807) is 0 Å². The van der Waals surface area contributed by atoms with Crippen molar-refractivity contribution in [2.75, 3.05) is 7.11 Å². The Hall–Kier alpha value is -4.25. The summed E-state index contributed by atoms with van der Waals surface area (Å²) in [6.07, 6.45) is -11.9. The molecule has 4 rings (SSSR count). The molecular formula is C22H16ClF6N7O4. The number of aliphatic hydroxyl groups excluding tert-OH is 1. The predicted molar refractivity (Wildman–Crippen MR) is 124 cm³/mol. The summed E-state index contributed by atoms with van der Waals surface area (Å²) in [7, 11) is 0.945. The number of halogens is 7. The molecule has 1 atom stereocenters. The number of aromatic nitrogens is 7. The van der Waals surface area contributed by atoms with Gasteiger partial charge in [0.2, 0.25) is 5.82 Å². The molecule has 3 aromatic heterocycles. The summed E-state index contributed by atoms with van der Waals surface area (Å²) in [5.41, 5.74) is -2.24. The molecule has 0 aliphatic rings. The van der Waals surface area contributed by atoms with Crippen LogP contribution in [0.4, 0.5) is 26.3 Å². The lowest BCUT2D eigenvalue weighted by Crippen LogP contribution is -2.37. The molecule has 0 bridgehead atoms. The molecule has 0 saturated heterocycles. The molecule has 0 radical (unpaired) electrons. The minimum absolute atomic E-state index is 0.159. The van der Waals surface area contributed by atoms with E-state index >= 15 is 0 Å². The van der Waals surface area contributed by atoms with Gasteiger partial charge in [-0.25, -0.2) is 24.2 Å². The Kier molecular flexibility index (Phi) is 7.71. The Bertz CT molecular complexity index is 1590. The van der Waals surface area contributed by atoms with Gasteiger partial charge in [0.1, 0.15) is 12.1 Å². The van der Waals surface area contributed by atoms with Gasteiger partial charge >= 0.3 is 24.0 Å². The van der Waals surface area contributed by atoms with Gasteiger partial charge in [-0.3, -0.25) is 4.57 Å². The van der Waals surface area contributed by atoms with Crippen LogP contribution in [0.5, 0.6) is 0 Å². The Labute approximate surface area is 224 Å². The molecule has 0 saturated carbocycles. The number of carbonyl (C=O) groups excluding carboxylic acids is 1. The average Bonchev–Trinajstić information content (AvgIpc) is 3.44. The van der Waals surface area contributed by atoms with Crippen LogP contribution in [0.25, 0.3) is 17.2 Å². The Morgan fingerprint density at radius 1 is 1.10 bits per heavy atom. The summed E-state index contributed by atoms with van der Waals surface area (Å²) in [6, 6.07) is 7.23. The fourth-order valence-electron chi connectivity index (χ4n) is 3.51. The van der Waals surface area contributed by atoms with E-state index < -0.39 is 66.2 Å². The number of aliphatic hydroxyl groups is 1. The van der Waals surface area contributed by atoms with Gasteiger partial charge < -0.3 is 9.84 Å². The topological polar surface area (TPSA) is 130 Å². The van der Waals surface area contributed by atoms with Crippen molar-refractivity contribution in [1.29, 1.82) is 0 Å². The number of rotatable bonds is 7. The zero-order valence-electron chi connectivity index (χ0n) is 20.0. The van der Waals surface area contributed by atoms with Gasteiger partial charge in [0.25, 0.3) is 0 Å². The SMILES string of the molecule is COC(=O)c1nc(Cn2nc(-c3ccc(Cl)cc3)n(C[C@@H](O)C(F)(F)F)c2=O)nn1-c1ncccc1C(F)(F)F. The molecule has 0 amide bonds. The van der Waals surface area contributed by atoms with Crippen LogP contribution in [-0.2, 0) is 24.0 Å². The second kappa shape index (κ2) is 10.7. The van der Waals surface area contributed by atoms with Crippen molar-refractivity contribution in [2.45, 2.75) is 31.5 Å². The van der Waals surface area contributed by atoms with Crippen molar-refractivity contribution in [3.8, 4) is 17.2 Å². The number of alkyl halides is 6. The van der Waals surface area contributed by atoms with Crippen molar-refractivity contribution in [2.24, 2.45) is 0 Å². The van der Waals surface area contributed by atoms with Gasteiger partial charge in [-0.2, -0.15) is 31.0 Å². The van der Waals surface area contributed by atoms with Crippen molar-refractivity contribution in [3.63, 3.8) is 0 Å². The molecule has 1 aromatic carbocycles. The maximum Gasteiger partial charge on any atom is 0.420 e. The van der Waals surface area contributed by atoms with Gasteiger partial charge in [-0.1, -0.05) is 11.6 Å². The third kappa shape index (κ3) is 5.84. The molecule has 3 heterocycles. The summed E-state index contributed by atoms with van der Waals surface area (Å²) in [5.74, 6) is -3.45. The van der Waals surface area contributed by atoms with Gasteiger partial charge in [-0.15, -0.1) is 10.2 Å². The third-order valence-corrected chi connectivity index (χ3v) is 5.61. The number of esters is 1. The van der Waals surface area contributed by atoms with Gasteiger partial charge in [0.15, 0.2) is 23.6 Å². The van der Waals surface area contributed by atoms with Gasteiger partial charge in [0.05, 0.1) is 13.7 Å².